The molecule has 0 heterocycles. The molecule has 1 aliphatic carbocycles. The van der Waals surface area contributed by atoms with E-state index in [9.17, 15) is 4.39 Å². The minimum atomic E-state index is -0.819. The Morgan fingerprint density at radius 3 is 2.14 bits per heavy atom. The largest absolute Gasteiger partial charge is 0.244 e. The number of hydrogen-bond acceptors (Lipinski definition) is 0. The fourth-order valence-electron chi connectivity index (χ4n) is 0.831. The SMILES string of the molecule is CC1CCC1(C)F. The first-order valence-corrected chi connectivity index (χ1v) is 2.82. The van der Waals surface area contributed by atoms with Crippen molar-refractivity contribution in [3.63, 3.8) is 0 Å². The van der Waals surface area contributed by atoms with Gasteiger partial charge in [0.05, 0.1) is 0 Å². The summed E-state index contributed by atoms with van der Waals surface area (Å²) in [4.78, 5) is 0. The van der Waals surface area contributed by atoms with E-state index in [1.54, 1.807) is 6.92 Å². The van der Waals surface area contributed by atoms with Crippen LogP contribution >= 0.6 is 0 Å². The van der Waals surface area contributed by atoms with E-state index in [-0.39, 0.29) is 0 Å². The van der Waals surface area contributed by atoms with Crippen molar-refractivity contribution in [1.82, 2.24) is 0 Å². The second kappa shape index (κ2) is 1.21. The van der Waals surface area contributed by atoms with Gasteiger partial charge in [-0.1, -0.05) is 6.92 Å². The number of alkyl halides is 1. The van der Waals surface area contributed by atoms with Crippen LogP contribution in [0.4, 0.5) is 4.39 Å². The molecule has 0 aromatic carbocycles. The van der Waals surface area contributed by atoms with Crippen LogP contribution in [0.5, 0.6) is 0 Å². The van der Waals surface area contributed by atoms with Crippen molar-refractivity contribution in [3.8, 4) is 0 Å². The molecule has 0 nitrogen and oxygen atoms in total. The van der Waals surface area contributed by atoms with Gasteiger partial charge in [0.1, 0.15) is 5.67 Å². The monoisotopic (exact) mass is 102 g/mol. The van der Waals surface area contributed by atoms with Crippen molar-refractivity contribution < 1.29 is 4.39 Å². The molecule has 0 amide bonds. The fraction of sp³-hybridized carbons (Fsp3) is 1.00. The molecule has 0 radical (unpaired) electrons. The van der Waals surface area contributed by atoms with Crippen LogP contribution in [0, 0.1) is 5.92 Å². The molecule has 0 aromatic heterocycles. The van der Waals surface area contributed by atoms with E-state index in [0.717, 1.165) is 12.8 Å². The van der Waals surface area contributed by atoms with E-state index in [1.807, 2.05) is 6.92 Å². The summed E-state index contributed by atoms with van der Waals surface area (Å²) in [5, 5.41) is 0. The lowest BCUT2D eigenvalue weighted by atomic mass is 9.74. The lowest BCUT2D eigenvalue weighted by Crippen LogP contribution is -2.37. The highest BCUT2D eigenvalue weighted by molar-refractivity contribution is 4.89. The lowest BCUT2D eigenvalue weighted by Gasteiger charge is -2.37. The molecule has 0 saturated heterocycles. The molecule has 1 rings (SSSR count). The Labute approximate surface area is 43.7 Å². The summed E-state index contributed by atoms with van der Waals surface area (Å²) in [5.41, 5.74) is -0.819. The van der Waals surface area contributed by atoms with Crippen LogP contribution in [0.2, 0.25) is 0 Å². The highest BCUT2D eigenvalue weighted by atomic mass is 19.1. The zero-order chi connectivity index (χ0) is 5.49. The molecular weight excluding hydrogens is 91.1 g/mol. The van der Waals surface area contributed by atoms with Crippen molar-refractivity contribution in [2.75, 3.05) is 0 Å². The van der Waals surface area contributed by atoms with Gasteiger partial charge in [0.15, 0.2) is 0 Å². The Morgan fingerprint density at radius 2 is 2.14 bits per heavy atom. The molecule has 0 bridgehead atoms. The standard InChI is InChI=1S/C6H11F/c1-5-3-4-6(5,2)7/h5H,3-4H2,1-2H3. The zero-order valence-corrected chi connectivity index (χ0v) is 4.87. The molecule has 1 saturated carbocycles. The molecule has 0 spiro atoms. The summed E-state index contributed by atoms with van der Waals surface area (Å²) >= 11 is 0. The molecule has 2 atom stereocenters. The third kappa shape index (κ3) is 0.644. The van der Waals surface area contributed by atoms with E-state index >= 15 is 0 Å². The average Bonchev–Trinajstić information content (AvgIpc) is 1.63. The molecular formula is C6H11F. The second-order valence-corrected chi connectivity index (χ2v) is 2.72. The third-order valence-electron chi connectivity index (χ3n) is 2.09. The summed E-state index contributed by atoms with van der Waals surface area (Å²) in [5.74, 6) is 0.312. The van der Waals surface area contributed by atoms with Gasteiger partial charge in [-0.15, -0.1) is 0 Å². The first-order chi connectivity index (χ1) is 3.13. The van der Waals surface area contributed by atoms with Gasteiger partial charge in [-0.3, -0.25) is 0 Å². The number of hydrogen-bond donors (Lipinski definition) is 0. The molecule has 42 valence electrons. The van der Waals surface area contributed by atoms with Crippen molar-refractivity contribution in [1.29, 1.82) is 0 Å². The van der Waals surface area contributed by atoms with Crippen LogP contribution in [0.15, 0.2) is 0 Å². The predicted molar refractivity (Wildman–Crippen MR) is 27.9 cm³/mol. The van der Waals surface area contributed by atoms with Crippen molar-refractivity contribution in [3.05, 3.63) is 0 Å². The Kier molecular flexibility index (Phi) is 0.875. The van der Waals surface area contributed by atoms with Crippen LogP contribution in [0.25, 0.3) is 0 Å². The molecule has 0 aromatic rings. The maximum absolute atomic E-state index is 12.6. The van der Waals surface area contributed by atoms with Crippen LogP contribution in [0.3, 0.4) is 0 Å². The van der Waals surface area contributed by atoms with E-state index in [4.69, 9.17) is 0 Å². The summed E-state index contributed by atoms with van der Waals surface area (Å²) in [6.07, 6.45) is 1.85. The molecule has 2 unspecified atom stereocenters. The number of rotatable bonds is 0. The van der Waals surface area contributed by atoms with E-state index in [1.165, 1.54) is 0 Å². The van der Waals surface area contributed by atoms with Crippen LogP contribution in [0.1, 0.15) is 26.7 Å². The van der Waals surface area contributed by atoms with Crippen LogP contribution in [-0.4, -0.2) is 5.67 Å². The predicted octanol–water partition coefficient (Wildman–Crippen LogP) is 2.14. The second-order valence-electron chi connectivity index (χ2n) is 2.72. The van der Waals surface area contributed by atoms with E-state index in [2.05, 4.69) is 0 Å². The summed E-state index contributed by atoms with van der Waals surface area (Å²) in [7, 11) is 0. The van der Waals surface area contributed by atoms with Crippen LogP contribution in [-0.2, 0) is 0 Å². The van der Waals surface area contributed by atoms with Gasteiger partial charge in [0, 0.05) is 0 Å². The zero-order valence-electron chi connectivity index (χ0n) is 4.87. The molecule has 1 heteroatoms. The average molecular weight is 102 g/mol. The normalized spacial score (nSPS) is 51.0. The van der Waals surface area contributed by atoms with Crippen molar-refractivity contribution in [2.45, 2.75) is 32.4 Å². The maximum atomic E-state index is 12.6. The Balaban J connectivity index is 2.43. The quantitative estimate of drug-likeness (QED) is 0.439. The highest BCUT2D eigenvalue weighted by Gasteiger charge is 2.39. The number of halogens is 1. The minimum absolute atomic E-state index is 0.312. The maximum Gasteiger partial charge on any atom is 0.110 e. The van der Waals surface area contributed by atoms with E-state index in [0.29, 0.717) is 5.92 Å². The summed E-state index contributed by atoms with van der Waals surface area (Å²) < 4.78 is 12.6. The fourth-order valence-corrected chi connectivity index (χ4v) is 0.831. The molecule has 7 heavy (non-hydrogen) atoms. The Bertz CT molecular complexity index is 76.2. The van der Waals surface area contributed by atoms with Gasteiger partial charge in [0.2, 0.25) is 0 Å². The third-order valence-corrected chi connectivity index (χ3v) is 2.09. The van der Waals surface area contributed by atoms with Gasteiger partial charge in [-0.05, 0) is 25.7 Å². The first kappa shape index (κ1) is 5.07. The summed E-state index contributed by atoms with van der Waals surface area (Å²) in [6, 6.07) is 0. The smallest absolute Gasteiger partial charge is 0.110 e. The summed E-state index contributed by atoms with van der Waals surface area (Å²) in [6.45, 7) is 3.64. The van der Waals surface area contributed by atoms with Gasteiger partial charge >= 0.3 is 0 Å². The van der Waals surface area contributed by atoms with Gasteiger partial charge in [0.25, 0.3) is 0 Å². The van der Waals surface area contributed by atoms with Crippen molar-refractivity contribution in [2.24, 2.45) is 5.92 Å². The Hall–Kier alpha value is -0.0700. The van der Waals surface area contributed by atoms with Crippen molar-refractivity contribution >= 4 is 0 Å². The highest BCUT2D eigenvalue weighted by Crippen LogP contribution is 2.40. The molecule has 1 aliphatic rings. The lowest BCUT2D eigenvalue weighted by molar-refractivity contribution is 0.0147. The minimum Gasteiger partial charge on any atom is -0.244 e. The Morgan fingerprint density at radius 1 is 1.71 bits per heavy atom. The molecule has 0 N–H and O–H groups in total. The van der Waals surface area contributed by atoms with Gasteiger partial charge in [-0.2, -0.15) is 0 Å². The van der Waals surface area contributed by atoms with Gasteiger partial charge < -0.3 is 0 Å². The van der Waals surface area contributed by atoms with E-state index < -0.39 is 5.67 Å². The molecule has 1 fully saturated rings. The topological polar surface area (TPSA) is 0 Å². The molecule has 0 aliphatic heterocycles. The van der Waals surface area contributed by atoms with Crippen LogP contribution < -0.4 is 0 Å². The first-order valence-electron chi connectivity index (χ1n) is 2.82. The van der Waals surface area contributed by atoms with Gasteiger partial charge in [-0.25, -0.2) is 4.39 Å².